The molecule has 0 aliphatic carbocycles. The van der Waals surface area contributed by atoms with Crippen LogP contribution in [0.25, 0.3) is 10.9 Å². The van der Waals surface area contributed by atoms with E-state index in [1.807, 2.05) is 60.5 Å². The van der Waals surface area contributed by atoms with E-state index < -0.39 is 0 Å². The van der Waals surface area contributed by atoms with E-state index in [-0.39, 0.29) is 11.8 Å². The highest BCUT2D eigenvalue weighted by atomic mass is 35.5. The summed E-state index contributed by atoms with van der Waals surface area (Å²) in [6, 6.07) is 19.2. The van der Waals surface area contributed by atoms with Crippen molar-refractivity contribution >= 4 is 45.5 Å². The quantitative estimate of drug-likeness (QED) is 0.343. The van der Waals surface area contributed by atoms with Crippen molar-refractivity contribution in [2.45, 2.75) is 6.42 Å². The summed E-state index contributed by atoms with van der Waals surface area (Å²) in [5.41, 5.74) is 5.40. The van der Waals surface area contributed by atoms with Gasteiger partial charge in [-0.25, -0.2) is 4.99 Å². The Bertz CT molecular complexity index is 1590. The molecule has 4 aromatic rings. The predicted octanol–water partition coefficient (Wildman–Crippen LogP) is 4.84. The van der Waals surface area contributed by atoms with Gasteiger partial charge in [-0.2, -0.15) is 0 Å². The number of aromatic hydroxyl groups is 1. The molecule has 0 saturated carbocycles. The number of likely N-dealkylation sites (N-methyl/N-ethyl adjacent to an activating group) is 2. The molecule has 0 unspecified atom stereocenters. The van der Waals surface area contributed by atoms with Gasteiger partial charge in [0.25, 0.3) is 0 Å². The fourth-order valence-corrected chi connectivity index (χ4v) is 5.50. The Hall–Kier alpha value is -4.01. The number of aromatic nitrogens is 1. The highest BCUT2D eigenvalue weighted by Gasteiger charge is 2.23. The molecule has 1 saturated heterocycles. The summed E-state index contributed by atoms with van der Waals surface area (Å²) in [4.78, 5) is 27.2. The second-order valence-electron chi connectivity index (χ2n) is 10.5. The number of ether oxygens (including phenoxy) is 1. The summed E-state index contributed by atoms with van der Waals surface area (Å²) in [5.74, 6) is 0.937. The number of benzene rings is 3. The molecule has 2 N–H and O–H groups in total. The number of fused-ring (bicyclic) bond motifs is 2. The summed E-state index contributed by atoms with van der Waals surface area (Å²) in [5, 5.41) is 12.4. The minimum atomic E-state index is 0.0150. The average molecular weight is 558 g/mol. The van der Waals surface area contributed by atoms with Crippen LogP contribution >= 0.6 is 11.6 Å². The Morgan fingerprint density at radius 1 is 1.00 bits per heavy atom. The number of rotatable bonds is 5. The van der Waals surface area contributed by atoms with Crippen LogP contribution in [0.4, 0.5) is 11.4 Å². The molecule has 40 heavy (non-hydrogen) atoms. The molecular weight excluding hydrogens is 526 g/mol. The zero-order valence-corrected chi connectivity index (χ0v) is 23.4. The van der Waals surface area contributed by atoms with Crippen LogP contribution in [0.2, 0.25) is 5.02 Å². The smallest absolute Gasteiger partial charge is 0.227 e. The molecule has 8 nitrogen and oxygen atoms in total. The predicted molar refractivity (Wildman–Crippen MR) is 160 cm³/mol. The normalized spacial score (nSPS) is 16.2. The van der Waals surface area contributed by atoms with Gasteiger partial charge in [-0.3, -0.25) is 4.79 Å². The van der Waals surface area contributed by atoms with Crippen molar-refractivity contribution in [1.82, 2.24) is 14.8 Å². The molecule has 1 fully saturated rings. The Balaban J connectivity index is 1.36. The molecule has 9 heteroatoms. The molecule has 0 bridgehead atoms. The molecule has 206 valence electrons. The van der Waals surface area contributed by atoms with Crippen LogP contribution in [0.5, 0.6) is 11.6 Å². The lowest BCUT2D eigenvalue weighted by Gasteiger charge is -2.32. The van der Waals surface area contributed by atoms with Crippen LogP contribution in [-0.2, 0) is 11.2 Å². The number of anilines is 1. The number of piperazine rings is 1. The summed E-state index contributed by atoms with van der Waals surface area (Å²) >= 11 is 6.22. The molecule has 2 aliphatic heterocycles. The van der Waals surface area contributed by atoms with Crippen LogP contribution in [-0.4, -0.2) is 84.9 Å². The SMILES string of the molecule is CN1CCN(C(=O)Cc2ccc(N=C(c3ccc4c(c3)OCCN4C)c3c(O)[nH]c4cc(Cl)ccc34)cc2)CC1. The van der Waals surface area contributed by atoms with Crippen molar-refractivity contribution in [3.05, 3.63) is 82.4 Å². The third kappa shape index (κ3) is 5.24. The van der Waals surface area contributed by atoms with Gasteiger partial charge in [-0.1, -0.05) is 35.9 Å². The second kappa shape index (κ2) is 10.9. The Kier molecular flexibility index (Phi) is 7.12. The molecule has 1 amide bonds. The maximum atomic E-state index is 12.8. The van der Waals surface area contributed by atoms with E-state index in [2.05, 4.69) is 21.8 Å². The highest BCUT2D eigenvalue weighted by Crippen LogP contribution is 2.36. The third-order valence-electron chi connectivity index (χ3n) is 7.69. The van der Waals surface area contributed by atoms with Crippen molar-refractivity contribution in [2.24, 2.45) is 4.99 Å². The van der Waals surface area contributed by atoms with Crippen molar-refractivity contribution in [1.29, 1.82) is 0 Å². The minimum Gasteiger partial charge on any atom is -0.494 e. The van der Waals surface area contributed by atoms with Crippen LogP contribution in [0, 0.1) is 0 Å². The van der Waals surface area contributed by atoms with Gasteiger partial charge in [0.2, 0.25) is 5.91 Å². The highest BCUT2D eigenvalue weighted by molar-refractivity contribution is 6.31. The van der Waals surface area contributed by atoms with E-state index in [9.17, 15) is 9.90 Å². The topological polar surface area (TPSA) is 84.4 Å². The summed E-state index contributed by atoms with van der Waals surface area (Å²) in [7, 11) is 4.12. The molecule has 0 spiro atoms. The average Bonchev–Trinajstić information content (AvgIpc) is 3.27. The molecule has 3 heterocycles. The number of hydrogen-bond donors (Lipinski definition) is 2. The van der Waals surface area contributed by atoms with E-state index in [4.69, 9.17) is 21.3 Å². The number of carbonyl (C=O) groups is 1. The largest absolute Gasteiger partial charge is 0.494 e. The summed E-state index contributed by atoms with van der Waals surface area (Å²) in [6.07, 6.45) is 0.361. The fourth-order valence-electron chi connectivity index (χ4n) is 5.33. The molecule has 0 radical (unpaired) electrons. The number of H-pyrrole nitrogens is 1. The first-order valence-electron chi connectivity index (χ1n) is 13.5. The van der Waals surface area contributed by atoms with Gasteiger partial charge >= 0.3 is 0 Å². The van der Waals surface area contributed by atoms with Gasteiger partial charge in [0.05, 0.1) is 41.1 Å². The maximum Gasteiger partial charge on any atom is 0.227 e. The first-order valence-corrected chi connectivity index (χ1v) is 13.9. The Morgan fingerprint density at radius 2 is 1.77 bits per heavy atom. The number of nitrogens with one attached hydrogen (secondary N) is 1. The van der Waals surface area contributed by atoms with Gasteiger partial charge in [0.15, 0.2) is 5.88 Å². The zero-order valence-electron chi connectivity index (χ0n) is 22.7. The van der Waals surface area contributed by atoms with Gasteiger partial charge in [-0.15, -0.1) is 0 Å². The lowest BCUT2D eigenvalue weighted by molar-refractivity contribution is -0.132. The van der Waals surface area contributed by atoms with E-state index in [0.29, 0.717) is 35.0 Å². The lowest BCUT2D eigenvalue weighted by atomic mass is 9.99. The zero-order chi connectivity index (χ0) is 27.8. The monoisotopic (exact) mass is 557 g/mol. The van der Waals surface area contributed by atoms with E-state index in [1.54, 1.807) is 12.1 Å². The maximum absolute atomic E-state index is 12.8. The Morgan fingerprint density at radius 3 is 2.55 bits per heavy atom. The van der Waals surface area contributed by atoms with Crippen LogP contribution in [0.1, 0.15) is 16.7 Å². The second-order valence-corrected chi connectivity index (χ2v) is 10.9. The number of aromatic amines is 1. The number of nitrogens with zero attached hydrogens (tertiary/aromatic N) is 4. The van der Waals surface area contributed by atoms with Crippen molar-refractivity contribution in [2.75, 3.05) is 58.3 Å². The van der Waals surface area contributed by atoms with E-state index >= 15 is 0 Å². The summed E-state index contributed by atoms with van der Waals surface area (Å²) in [6.45, 7) is 4.75. The van der Waals surface area contributed by atoms with Crippen molar-refractivity contribution in [3.8, 4) is 11.6 Å². The van der Waals surface area contributed by atoms with E-state index in [0.717, 1.165) is 66.2 Å². The molecule has 1 aromatic heterocycles. The molecule has 0 atom stereocenters. The Labute approximate surface area is 238 Å². The van der Waals surface area contributed by atoms with Crippen LogP contribution in [0.15, 0.2) is 65.7 Å². The lowest BCUT2D eigenvalue weighted by Crippen LogP contribution is -2.47. The van der Waals surface area contributed by atoms with Crippen molar-refractivity contribution < 1.29 is 14.6 Å². The summed E-state index contributed by atoms with van der Waals surface area (Å²) < 4.78 is 5.97. The molecule has 3 aromatic carbocycles. The molecule has 2 aliphatic rings. The number of hydrogen-bond acceptors (Lipinski definition) is 6. The molecular formula is C31H32ClN5O3. The van der Waals surface area contributed by atoms with Gasteiger partial charge in [0, 0.05) is 49.2 Å². The first kappa shape index (κ1) is 26.2. The van der Waals surface area contributed by atoms with Gasteiger partial charge in [0.1, 0.15) is 12.4 Å². The van der Waals surface area contributed by atoms with Gasteiger partial charge in [-0.05, 0) is 49.0 Å². The number of carbonyl (C=O) groups excluding carboxylic acids is 1. The molecule has 6 rings (SSSR count). The standard InChI is InChI=1S/C31H32ClN5O3/c1-35-11-13-37(14-12-35)28(38)17-20-3-7-23(8-4-20)33-30(21-5-10-26-27(18-21)40-16-15-36(26)2)29-24-9-6-22(32)19-25(24)34-31(29)39/h3-10,18-19,34,39H,11-17H2,1-2H3. The third-order valence-corrected chi connectivity index (χ3v) is 7.93. The van der Waals surface area contributed by atoms with Crippen LogP contribution < -0.4 is 9.64 Å². The minimum absolute atomic E-state index is 0.0150. The number of halogens is 1. The van der Waals surface area contributed by atoms with E-state index in [1.165, 1.54) is 0 Å². The number of aliphatic imine (C=N–C) groups is 1. The fraction of sp³-hybridized carbons (Fsp3) is 0.290. The first-order chi connectivity index (χ1) is 19.4. The van der Waals surface area contributed by atoms with Crippen LogP contribution in [0.3, 0.4) is 0 Å². The van der Waals surface area contributed by atoms with Crippen molar-refractivity contribution in [3.63, 3.8) is 0 Å². The van der Waals surface area contributed by atoms with Gasteiger partial charge < -0.3 is 29.5 Å². The number of amides is 1.